The summed E-state index contributed by atoms with van der Waals surface area (Å²) in [5, 5.41) is 3.52. The van der Waals surface area contributed by atoms with Gasteiger partial charge in [0, 0.05) is 18.4 Å². The lowest BCUT2D eigenvalue weighted by Crippen LogP contribution is -2.35. The third-order valence-corrected chi connectivity index (χ3v) is 3.40. The molecule has 1 saturated heterocycles. The van der Waals surface area contributed by atoms with Crippen molar-refractivity contribution in [3.05, 3.63) is 17.8 Å². The Hall–Kier alpha value is -0.830. The number of oxazole rings is 1. The van der Waals surface area contributed by atoms with Crippen LogP contribution in [0.5, 0.6) is 0 Å². The van der Waals surface area contributed by atoms with Gasteiger partial charge in [0.05, 0.1) is 5.69 Å². The number of hydrogen-bond donors (Lipinski definition) is 1. The fourth-order valence-corrected chi connectivity index (χ4v) is 2.29. The lowest BCUT2D eigenvalue weighted by atomic mass is 10.0. The van der Waals surface area contributed by atoms with E-state index in [1.807, 2.05) is 6.26 Å². The zero-order valence-corrected chi connectivity index (χ0v) is 9.04. The van der Waals surface area contributed by atoms with Gasteiger partial charge in [-0.3, -0.25) is 0 Å². The summed E-state index contributed by atoms with van der Waals surface area (Å²) < 4.78 is 5.52. The van der Waals surface area contributed by atoms with Gasteiger partial charge in [-0.05, 0) is 32.2 Å². The van der Waals surface area contributed by atoms with Gasteiger partial charge in [-0.1, -0.05) is 6.42 Å². The monoisotopic (exact) mass is 206 g/mol. The molecule has 1 aromatic heterocycles. The lowest BCUT2D eigenvalue weighted by molar-refractivity contribution is 0.367. The molecule has 2 aliphatic rings. The summed E-state index contributed by atoms with van der Waals surface area (Å²) in [7, 11) is 0. The van der Waals surface area contributed by atoms with E-state index in [9.17, 15) is 0 Å². The highest BCUT2D eigenvalue weighted by Gasteiger charge is 2.27. The van der Waals surface area contributed by atoms with E-state index in [0.717, 1.165) is 18.9 Å². The molecule has 3 heteroatoms. The first-order valence-electron chi connectivity index (χ1n) is 6.09. The fourth-order valence-electron chi connectivity index (χ4n) is 2.29. The molecule has 2 heterocycles. The van der Waals surface area contributed by atoms with E-state index in [0.29, 0.717) is 12.0 Å². The Morgan fingerprint density at radius 2 is 2.27 bits per heavy atom. The molecule has 1 saturated carbocycles. The maximum absolute atomic E-state index is 5.52. The zero-order chi connectivity index (χ0) is 10.1. The maximum Gasteiger partial charge on any atom is 0.195 e. The first-order chi connectivity index (χ1) is 7.42. The Morgan fingerprint density at radius 1 is 1.33 bits per heavy atom. The van der Waals surface area contributed by atoms with Crippen LogP contribution in [0.2, 0.25) is 0 Å². The van der Waals surface area contributed by atoms with E-state index in [-0.39, 0.29) is 0 Å². The van der Waals surface area contributed by atoms with Gasteiger partial charge in [-0.2, -0.15) is 0 Å². The SMILES string of the molecule is c1oc(CC2CCCCN2)nc1C1CC1. The van der Waals surface area contributed by atoms with Crippen molar-refractivity contribution in [2.75, 3.05) is 6.54 Å². The van der Waals surface area contributed by atoms with Crippen molar-refractivity contribution in [3.63, 3.8) is 0 Å². The van der Waals surface area contributed by atoms with Crippen LogP contribution in [0.3, 0.4) is 0 Å². The third kappa shape index (κ3) is 2.23. The Labute approximate surface area is 90.3 Å². The molecular weight excluding hydrogens is 188 g/mol. The molecule has 0 spiro atoms. The molecular formula is C12H18N2O. The van der Waals surface area contributed by atoms with Gasteiger partial charge in [0.15, 0.2) is 5.89 Å². The largest absolute Gasteiger partial charge is 0.449 e. The van der Waals surface area contributed by atoms with Crippen molar-refractivity contribution in [3.8, 4) is 0 Å². The van der Waals surface area contributed by atoms with Gasteiger partial charge in [0.25, 0.3) is 0 Å². The van der Waals surface area contributed by atoms with Gasteiger partial charge in [-0.25, -0.2) is 4.98 Å². The minimum atomic E-state index is 0.587. The second-order valence-corrected chi connectivity index (χ2v) is 4.79. The third-order valence-electron chi connectivity index (χ3n) is 3.40. The van der Waals surface area contributed by atoms with Gasteiger partial charge in [0.2, 0.25) is 0 Å². The predicted octanol–water partition coefficient (Wildman–Crippen LogP) is 2.24. The van der Waals surface area contributed by atoms with E-state index in [1.165, 1.54) is 37.8 Å². The summed E-state index contributed by atoms with van der Waals surface area (Å²) in [6.07, 6.45) is 9.34. The average molecular weight is 206 g/mol. The Kier molecular flexibility index (Phi) is 2.49. The van der Waals surface area contributed by atoms with Crippen molar-refractivity contribution in [2.24, 2.45) is 0 Å². The molecule has 82 valence electrons. The molecule has 3 rings (SSSR count). The first kappa shape index (κ1) is 9.40. The Morgan fingerprint density at radius 3 is 3.00 bits per heavy atom. The second-order valence-electron chi connectivity index (χ2n) is 4.79. The second kappa shape index (κ2) is 3.97. The predicted molar refractivity (Wildman–Crippen MR) is 57.8 cm³/mol. The minimum Gasteiger partial charge on any atom is -0.449 e. The summed E-state index contributed by atoms with van der Waals surface area (Å²) in [4.78, 5) is 4.56. The molecule has 2 fully saturated rings. The van der Waals surface area contributed by atoms with Gasteiger partial charge in [-0.15, -0.1) is 0 Å². The summed E-state index contributed by atoms with van der Waals surface area (Å²) in [5.41, 5.74) is 1.18. The quantitative estimate of drug-likeness (QED) is 0.824. The summed E-state index contributed by atoms with van der Waals surface area (Å²) in [6.45, 7) is 1.15. The number of hydrogen-bond acceptors (Lipinski definition) is 3. The first-order valence-corrected chi connectivity index (χ1v) is 6.09. The Balaban J connectivity index is 1.60. The van der Waals surface area contributed by atoms with Gasteiger partial charge in [0.1, 0.15) is 6.26 Å². The van der Waals surface area contributed by atoms with Crippen LogP contribution in [-0.2, 0) is 6.42 Å². The zero-order valence-electron chi connectivity index (χ0n) is 9.04. The van der Waals surface area contributed by atoms with Crippen LogP contribution < -0.4 is 5.32 Å². The van der Waals surface area contributed by atoms with E-state index in [2.05, 4.69) is 10.3 Å². The van der Waals surface area contributed by atoms with E-state index in [1.54, 1.807) is 0 Å². The van der Waals surface area contributed by atoms with Gasteiger partial charge >= 0.3 is 0 Å². The molecule has 1 aliphatic heterocycles. The molecule has 15 heavy (non-hydrogen) atoms. The van der Waals surface area contributed by atoms with Crippen molar-refractivity contribution in [2.45, 2.75) is 50.5 Å². The van der Waals surface area contributed by atoms with Crippen LogP contribution in [0, 0.1) is 0 Å². The number of nitrogens with one attached hydrogen (secondary N) is 1. The van der Waals surface area contributed by atoms with Crippen LogP contribution in [-0.4, -0.2) is 17.6 Å². The molecule has 0 radical (unpaired) electrons. The molecule has 1 aliphatic carbocycles. The van der Waals surface area contributed by atoms with Crippen LogP contribution in [0.1, 0.15) is 49.6 Å². The highest BCUT2D eigenvalue weighted by atomic mass is 16.3. The molecule has 1 N–H and O–H groups in total. The molecule has 1 atom stereocenters. The van der Waals surface area contributed by atoms with Crippen molar-refractivity contribution in [1.82, 2.24) is 10.3 Å². The molecule has 0 amide bonds. The normalized spacial score (nSPS) is 26.8. The number of aromatic nitrogens is 1. The topological polar surface area (TPSA) is 38.1 Å². The smallest absolute Gasteiger partial charge is 0.195 e. The lowest BCUT2D eigenvalue weighted by Gasteiger charge is -2.21. The Bertz CT molecular complexity index is 324. The highest BCUT2D eigenvalue weighted by molar-refractivity contribution is 5.11. The van der Waals surface area contributed by atoms with Crippen molar-refractivity contribution < 1.29 is 4.42 Å². The molecule has 1 aromatic rings. The molecule has 0 aromatic carbocycles. The van der Waals surface area contributed by atoms with Crippen molar-refractivity contribution >= 4 is 0 Å². The molecule has 0 bridgehead atoms. The minimum absolute atomic E-state index is 0.587. The average Bonchev–Trinajstić information content (AvgIpc) is 3.02. The number of nitrogens with zero attached hydrogens (tertiary/aromatic N) is 1. The van der Waals surface area contributed by atoms with Crippen LogP contribution >= 0.6 is 0 Å². The standard InChI is InChI=1S/C12H18N2O/c1-2-6-13-10(3-1)7-12-14-11(8-15-12)9-4-5-9/h8-10,13H,1-7H2. The molecule has 1 unspecified atom stereocenters. The van der Waals surface area contributed by atoms with Crippen LogP contribution in [0.4, 0.5) is 0 Å². The summed E-state index contributed by atoms with van der Waals surface area (Å²) in [6, 6.07) is 0.587. The highest BCUT2D eigenvalue weighted by Crippen LogP contribution is 2.39. The van der Waals surface area contributed by atoms with Gasteiger partial charge < -0.3 is 9.73 Å². The van der Waals surface area contributed by atoms with Crippen LogP contribution in [0.25, 0.3) is 0 Å². The van der Waals surface area contributed by atoms with Crippen molar-refractivity contribution in [1.29, 1.82) is 0 Å². The summed E-state index contributed by atoms with van der Waals surface area (Å²) >= 11 is 0. The summed E-state index contributed by atoms with van der Waals surface area (Å²) in [5.74, 6) is 1.64. The maximum atomic E-state index is 5.52. The number of piperidine rings is 1. The van der Waals surface area contributed by atoms with E-state index < -0.39 is 0 Å². The molecule has 3 nitrogen and oxygen atoms in total. The fraction of sp³-hybridized carbons (Fsp3) is 0.750. The van der Waals surface area contributed by atoms with E-state index >= 15 is 0 Å². The van der Waals surface area contributed by atoms with E-state index in [4.69, 9.17) is 4.42 Å². The number of rotatable bonds is 3. The van der Waals surface area contributed by atoms with Crippen LogP contribution in [0.15, 0.2) is 10.7 Å².